The molecule has 0 bridgehead atoms. The first-order valence-electron chi connectivity index (χ1n) is 9.33. The largest absolute Gasteiger partial charge is 0.493 e. The number of ether oxygens (including phenoxy) is 3. The zero-order chi connectivity index (χ0) is 22.3. The monoisotopic (exact) mass is 494 g/mol. The predicted molar refractivity (Wildman–Crippen MR) is 120 cm³/mol. The molecule has 2 aromatic carbocycles. The Bertz CT molecular complexity index is 909. The van der Waals surface area contributed by atoms with Gasteiger partial charge in [0.05, 0.1) is 39.7 Å². The van der Waals surface area contributed by atoms with Crippen LogP contribution in [0.2, 0.25) is 10.0 Å². The molecule has 0 saturated heterocycles. The molecule has 2 rings (SSSR count). The third-order valence-corrected chi connectivity index (χ3v) is 7.01. The van der Waals surface area contributed by atoms with Crippen molar-refractivity contribution in [3.8, 4) is 11.5 Å². The maximum atomic E-state index is 13.0. The van der Waals surface area contributed by atoms with Gasteiger partial charge in [-0.25, -0.2) is 8.42 Å². The van der Waals surface area contributed by atoms with Crippen molar-refractivity contribution in [3.05, 3.63) is 46.4 Å². The third kappa shape index (κ3) is 6.66. The van der Waals surface area contributed by atoms with E-state index >= 15 is 0 Å². The summed E-state index contributed by atoms with van der Waals surface area (Å²) >= 11 is 18.3. The van der Waals surface area contributed by atoms with Crippen LogP contribution in [-0.4, -0.2) is 41.2 Å². The number of alkyl halides is 1. The first-order valence-corrected chi connectivity index (χ1v) is 12.1. The van der Waals surface area contributed by atoms with E-state index in [1.54, 1.807) is 19.2 Å². The van der Waals surface area contributed by atoms with Crippen LogP contribution in [0.3, 0.4) is 0 Å². The highest BCUT2D eigenvalue weighted by molar-refractivity contribution is 7.91. The highest BCUT2D eigenvalue weighted by Crippen LogP contribution is 2.37. The Morgan fingerprint density at radius 3 is 1.97 bits per heavy atom. The van der Waals surface area contributed by atoms with Crippen molar-refractivity contribution in [1.82, 2.24) is 0 Å². The van der Waals surface area contributed by atoms with Crippen LogP contribution in [0.1, 0.15) is 13.8 Å². The van der Waals surface area contributed by atoms with E-state index in [0.29, 0.717) is 31.5 Å². The molecule has 0 aliphatic rings. The van der Waals surface area contributed by atoms with Gasteiger partial charge in [-0.3, -0.25) is 0 Å². The molecule has 2 aromatic rings. The summed E-state index contributed by atoms with van der Waals surface area (Å²) in [6.45, 7) is 5.28. The fourth-order valence-electron chi connectivity index (χ4n) is 2.52. The van der Waals surface area contributed by atoms with Crippen LogP contribution < -0.4 is 9.47 Å². The van der Waals surface area contributed by atoms with Crippen molar-refractivity contribution in [2.24, 2.45) is 11.8 Å². The molecule has 0 aliphatic carbocycles. The number of sulfone groups is 1. The Balaban J connectivity index is 2.18. The standard InChI is InChI=1S/C21H25Cl3O5S/c1-14(10-22)12-29-21-19(23)8-18(9-20(21)24)30(25,26)17-6-4-16(5-7-17)28-13-15(2)11-27-3/h4-9,14-15H,10-13H2,1-3H3/t14-,15+/m1/s1. The smallest absolute Gasteiger partial charge is 0.206 e. The average molecular weight is 496 g/mol. The van der Waals surface area contributed by atoms with E-state index in [-0.39, 0.29) is 37.4 Å². The first-order chi connectivity index (χ1) is 14.2. The highest BCUT2D eigenvalue weighted by Gasteiger charge is 2.22. The van der Waals surface area contributed by atoms with E-state index in [9.17, 15) is 8.42 Å². The molecule has 0 N–H and O–H groups in total. The molecular weight excluding hydrogens is 471 g/mol. The van der Waals surface area contributed by atoms with Gasteiger partial charge in [0.2, 0.25) is 9.84 Å². The van der Waals surface area contributed by atoms with E-state index in [2.05, 4.69) is 0 Å². The fourth-order valence-corrected chi connectivity index (χ4v) is 4.65. The van der Waals surface area contributed by atoms with Crippen molar-refractivity contribution in [2.45, 2.75) is 23.6 Å². The van der Waals surface area contributed by atoms with Crippen molar-refractivity contribution in [2.75, 3.05) is 32.8 Å². The normalized spacial score (nSPS) is 13.7. The molecule has 5 nitrogen and oxygen atoms in total. The summed E-state index contributed by atoms with van der Waals surface area (Å²) in [6.07, 6.45) is 0. The number of rotatable bonds is 11. The van der Waals surface area contributed by atoms with Crippen molar-refractivity contribution >= 4 is 44.6 Å². The molecule has 0 saturated carbocycles. The summed E-state index contributed by atoms with van der Waals surface area (Å²) < 4.78 is 42.3. The Morgan fingerprint density at radius 2 is 1.43 bits per heavy atom. The minimum Gasteiger partial charge on any atom is -0.493 e. The molecule has 0 radical (unpaired) electrons. The van der Waals surface area contributed by atoms with Gasteiger partial charge in [0.25, 0.3) is 0 Å². The second kappa shape index (κ2) is 11.4. The van der Waals surface area contributed by atoms with E-state index in [1.807, 2.05) is 13.8 Å². The average Bonchev–Trinajstić information content (AvgIpc) is 2.71. The van der Waals surface area contributed by atoms with Crippen LogP contribution in [-0.2, 0) is 14.6 Å². The lowest BCUT2D eigenvalue weighted by atomic mass is 10.2. The van der Waals surface area contributed by atoms with E-state index in [4.69, 9.17) is 49.0 Å². The number of hydrogen-bond donors (Lipinski definition) is 0. The third-order valence-electron chi connectivity index (χ3n) is 4.18. The van der Waals surface area contributed by atoms with Crippen molar-refractivity contribution in [1.29, 1.82) is 0 Å². The van der Waals surface area contributed by atoms with Gasteiger partial charge in [0.1, 0.15) is 5.75 Å². The molecule has 166 valence electrons. The molecule has 9 heteroatoms. The highest BCUT2D eigenvalue weighted by atomic mass is 35.5. The second-order valence-electron chi connectivity index (χ2n) is 7.13. The van der Waals surface area contributed by atoms with Gasteiger partial charge < -0.3 is 14.2 Å². The SMILES string of the molecule is COC[C@H](C)COc1ccc(S(=O)(=O)c2cc(Cl)c(OC[C@H](C)CCl)c(Cl)c2)cc1. The van der Waals surface area contributed by atoms with Crippen LogP contribution in [0.25, 0.3) is 0 Å². The topological polar surface area (TPSA) is 61.8 Å². The van der Waals surface area contributed by atoms with Gasteiger partial charge in [-0.2, -0.15) is 0 Å². The first kappa shape index (κ1) is 25.1. The minimum absolute atomic E-state index is 0.0161. The van der Waals surface area contributed by atoms with Crippen LogP contribution in [0.4, 0.5) is 0 Å². The second-order valence-corrected chi connectivity index (χ2v) is 10.2. The van der Waals surface area contributed by atoms with Gasteiger partial charge in [-0.1, -0.05) is 37.0 Å². The molecule has 0 unspecified atom stereocenters. The van der Waals surface area contributed by atoms with Crippen LogP contribution in [0.15, 0.2) is 46.2 Å². The number of halogens is 3. The molecule has 0 aromatic heterocycles. The van der Waals surface area contributed by atoms with Crippen LogP contribution in [0, 0.1) is 11.8 Å². The van der Waals surface area contributed by atoms with Gasteiger partial charge >= 0.3 is 0 Å². The molecule has 0 spiro atoms. The molecule has 0 aliphatic heterocycles. The van der Waals surface area contributed by atoms with Crippen molar-refractivity contribution < 1.29 is 22.6 Å². The summed E-state index contributed by atoms with van der Waals surface area (Å²) in [5, 5.41) is 0.241. The van der Waals surface area contributed by atoms with E-state index < -0.39 is 9.84 Å². The van der Waals surface area contributed by atoms with E-state index in [0.717, 1.165) is 0 Å². The summed E-state index contributed by atoms with van der Waals surface area (Å²) in [7, 11) is -2.18. The quantitative estimate of drug-likeness (QED) is 0.372. The Morgan fingerprint density at radius 1 is 0.867 bits per heavy atom. The minimum atomic E-state index is -3.81. The molecule has 0 heterocycles. The lowest BCUT2D eigenvalue weighted by molar-refractivity contribution is 0.127. The molecule has 2 atom stereocenters. The lowest BCUT2D eigenvalue weighted by Gasteiger charge is -2.15. The zero-order valence-corrected chi connectivity index (χ0v) is 20.1. The van der Waals surface area contributed by atoms with Crippen LogP contribution >= 0.6 is 34.8 Å². The molecular formula is C21H25Cl3O5S. The van der Waals surface area contributed by atoms with E-state index in [1.165, 1.54) is 24.3 Å². The maximum Gasteiger partial charge on any atom is 0.206 e. The van der Waals surface area contributed by atoms with Crippen LogP contribution in [0.5, 0.6) is 11.5 Å². The maximum absolute atomic E-state index is 13.0. The number of benzene rings is 2. The molecule has 30 heavy (non-hydrogen) atoms. The Kier molecular flexibility index (Phi) is 9.57. The van der Waals surface area contributed by atoms with Gasteiger partial charge in [-0.15, -0.1) is 11.6 Å². The summed E-state index contributed by atoms with van der Waals surface area (Å²) in [5.74, 6) is 1.55. The van der Waals surface area contributed by atoms with Gasteiger partial charge in [0.15, 0.2) is 5.75 Å². The van der Waals surface area contributed by atoms with Gasteiger partial charge in [0, 0.05) is 24.8 Å². The van der Waals surface area contributed by atoms with Gasteiger partial charge in [-0.05, 0) is 36.4 Å². The summed E-state index contributed by atoms with van der Waals surface area (Å²) in [5.41, 5.74) is 0. The zero-order valence-electron chi connectivity index (χ0n) is 17.0. The number of methoxy groups -OCH3 is 1. The number of hydrogen-bond acceptors (Lipinski definition) is 5. The summed E-state index contributed by atoms with van der Waals surface area (Å²) in [6, 6.07) is 8.86. The lowest BCUT2D eigenvalue weighted by Crippen LogP contribution is -2.13. The Hall–Kier alpha value is -1.18. The van der Waals surface area contributed by atoms with Crippen molar-refractivity contribution in [3.63, 3.8) is 0 Å². The summed E-state index contributed by atoms with van der Waals surface area (Å²) in [4.78, 5) is 0.0916. The molecule has 0 fully saturated rings. The Labute approximate surface area is 193 Å². The predicted octanol–water partition coefficient (Wildman–Crippen LogP) is 5.74. The molecule has 0 amide bonds. The fraction of sp³-hybridized carbons (Fsp3) is 0.429.